The van der Waals surface area contributed by atoms with E-state index in [4.69, 9.17) is 10.5 Å². The van der Waals surface area contributed by atoms with Crippen LogP contribution in [0, 0.1) is 0 Å². The molecule has 26 valence electrons. The minimum absolute atomic E-state index is 0. The van der Waals surface area contributed by atoms with Gasteiger partial charge in [-0.2, -0.15) is 0 Å². The van der Waals surface area contributed by atoms with Gasteiger partial charge in [-0.15, -0.1) is 0 Å². The van der Waals surface area contributed by atoms with Crippen LogP contribution in [-0.2, 0) is 0 Å². The first-order valence-electron chi connectivity index (χ1n) is 0.200. The topological polar surface area (TPSA) is 72.0 Å². The molecule has 0 aliphatic rings. The Hall–Kier alpha value is 1.14. The van der Waals surface area contributed by atoms with E-state index >= 15 is 0 Å². The molecule has 0 unspecified atom stereocenters. The molecule has 0 aliphatic heterocycles. The standard InChI is InChI=1S/Ca.H2O2.H2O.2H/c;1-2;;;/h;1-2H;1H2;;/q+2;;;2*-1. The molecule has 4 heteroatoms. The van der Waals surface area contributed by atoms with E-state index in [9.17, 15) is 0 Å². The summed E-state index contributed by atoms with van der Waals surface area (Å²) in [5.41, 5.74) is 0. The SMILES string of the molecule is O.OO.[Ca+2].[H-].[H-]. The van der Waals surface area contributed by atoms with Gasteiger partial charge in [0.1, 0.15) is 0 Å². The summed E-state index contributed by atoms with van der Waals surface area (Å²) in [6, 6.07) is 0. The molecule has 4 heavy (non-hydrogen) atoms. The second kappa shape index (κ2) is 31.4. The smallest absolute Gasteiger partial charge is 1.00 e. The normalized spacial score (nSPS) is 1.50. The first-order valence-corrected chi connectivity index (χ1v) is 0.200. The molecule has 0 saturated heterocycles. The molecule has 0 aromatic rings. The van der Waals surface area contributed by atoms with Crippen LogP contribution in [0.2, 0.25) is 0 Å². The third-order valence-electron chi connectivity index (χ3n) is 0. The van der Waals surface area contributed by atoms with E-state index in [1.165, 1.54) is 0 Å². The van der Waals surface area contributed by atoms with Crippen LogP contribution in [-0.4, -0.2) is 53.7 Å². The Labute approximate surface area is 56.5 Å². The summed E-state index contributed by atoms with van der Waals surface area (Å²) in [5, 5.41) is 12.0. The van der Waals surface area contributed by atoms with E-state index in [0.29, 0.717) is 0 Å². The fourth-order valence-electron chi connectivity index (χ4n) is 0. The Morgan fingerprint density at radius 1 is 1.25 bits per heavy atom. The van der Waals surface area contributed by atoms with Crippen molar-refractivity contribution >= 4 is 37.7 Å². The molecule has 3 nitrogen and oxygen atoms in total. The third-order valence-corrected chi connectivity index (χ3v) is 0. The molecule has 0 aliphatic carbocycles. The number of rotatable bonds is 0. The molecule has 0 amide bonds. The summed E-state index contributed by atoms with van der Waals surface area (Å²) >= 11 is 0. The predicted octanol–water partition coefficient (Wildman–Crippen LogP) is -0.963. The zero-order chi connectivity index (χ0) is 2.00. The van der Waals surface area contributed by atoms with Crippen LogP contribution in [0.1, 0.15) is 2.85 Å². The van der Waals surface area contributed by atoms with Gasteiger partial charge < -0.3 is 8.33 Å². The zero-order valence-electron chi connectivity index (χ0n) is 4.10. The van der Waals surface area contributed by atoms with Gasteiger partial charge >= 0.3 is 37.7 Å². The van der Waals surface area contributed by atoms with Gasteiger partial charge in [-0.3, -0.25) is 10.5 Å². The fourth-order valence-corrected chi connectivity index (χ4v) is 0. The minimum atomic E-state index is 0. The maximum atomic E-state index is 6.00. The second-order valence-electron chi connectivity index (χ2n) is 0. The van der Waals surface area contributed by atoms with Gasteiger partial charge in [0.2, 0.25) is 0 Å². The summed E-state index contributed by atoms with van der Waals surface area (Å²) in [6.07, 6.45) is 0. The van der Waals surface area contributed by atoms with Crippen molar-refractivity contribution in [3.63, 3.8) is 0 Å². The van der Waals surface area contributed by atoms with Gasteiger partial charge in [-0.1, -0.05) is 0 Å². The van der Waals surface area contributed by atoms with Crippen LogP contribution < -0.4 is 0 Å². The van der Waals surface area contributed by atoms with Crippen LogP contribution in [0.5, 0.6) is 0 Å². The molecule has 0 fully saturated rings. The summed E-state index contributed by atoms with van der Waals surface area (Å²) in [7, 11) is 0. The van der Waals surface area contributed by atoms with Crippen molar-refractivity contribution in [2.24, 2.45) is 0 Å². The van der Waals surface area contributed by atoms with E-state index in [2.05, 4.69) is 0 Å². The summed E-state index contributed by atoms with van der Waals surface area (Å²) < 4.78 is 0. The van der Waals surface area contributed by atoms with Gasteiger partial charge in [0, 0.05) is 0 Å². The molecule has 0 bridgehead atoms. The Bertz CT molecular complexity index is 8.75. The van der Waals surface area contributed by atoms with Crippen molar-refractivity contribution in [2.45, 2.75) is 0 Å². The largest absolute Gasteiger partial charge is 2.00 e. The summed E-state index contributed by atoms with van der Waals surface area (Å²) in [6.45, 7) is 0. The van der Waals surface area contributed by atoms with E-state index in [-0.39, 0.29) is 46.1 Å². The molecule has 0 aromatic carbocycles. The third kappa shape index (κ3) is 11.1. The molecular formula is H6CaO3. The predicted molar refractivity (Wildman–Crippen MR) is 16.8 cm³/mol. The first-order chi connectivity index (χ1) is 1.00. The van der Waals surface area contributed by atoms with Gasteiger partial charge in [0.05, 0.1) is 0 Å². The molecular weight excluding hydrogens is 88.1 g/mol. The Morgan fingerprint density at radius 3 is 1.25 bits per heavy atom. The van der Waals surface area contributed by atoms with Gasteiger partial charge in [-0.05, 0) is 0 Å². The monoisotopic (exact) mass is 94.0 g/mol. The van der Waals surface area contributed by atoms with Crippen molar-refractivity contribution in [3.05, 3.63) is 0 Å². The van der Waals surface area contributed by atoms with E-state index < -0.39 is 0 Å². The van der Waals surface area contributed by atoms with Crippen molar-refractivity contribution in [1.82, 2.24) is 0 Å². The van der Waals surface area contributed by atoms with Crippen LogP contribution in [0.25, 0.3) is 0 Å². The van der Waals surface area contributed by atoms with Crippen molar-refractivity contribution in [3.8, 4) is 0 Å². The Balaban J connectivity index is -0.000000000833. The Kier molecular flexibility index (Phi) is 151. The molecule has 0 spiro atoms. The molecule has 0 aromatic heterocycles. The van der Waals surface area contributed by atoms with Crippen LogP contribution in [0.15, 0.2) is 0 Å². The maximum Gasteiger partial charge on any atom is 2.00 e. The van der Waals surface area contributed by atoms with Crippen LogP contribution in [0.4, 0.5) is 0 Å². The summed E-state index contributed by atoms with van der Waals surface area (Å²) in [5.74, 6) is 0. The van der Waals surface area contributed by atoms with Gasteiger partial charge in [-0.25, -0.2) is 0 Å². The van der Waals surface area contributed by atoms with E-state index in [0.717, 1.165) is 0 Å². The molecule has 0 saturated carbocycles. The van der Waals surface area contributed by atoms with Crippen LogP contribution in [0.3, 0.4) is 0 Å². The first kappa shape index (κ1) is 19.2. The van der Waals surface area contributed by atoms with Crippen molar-refractivity contribution in [2.75, 3.05) is 0 Å². The number of hydrogen-bond donors (Lipinski definition) is 2. The number of hydrogen-bond acceptors (Lipinski definition) is 2. The molecule has 0 atom stereocenters. The second-order valence-corrected chi connectivity index (χ2v) is 0. The van der Waals surface area contributed by atoms with Gasteiger partial charge in [0.25, 0.3) is 0 Å². The maximum absolute atomic E-state index is 6.00. The average molecular weight is 94.1 g/mol. The average Bonchev–Trinajstić information content (AvgIpc) is 1.00. The van der Waals surface area contributed by atoms with Gasteiger partial charge in [0.15, 0.2) is 0 Å². The van der Waals surface area contributed by atoms with Crippen molar-refractivity contribution in [1.29, 1.82) is 0 Å². The minimum Gasteiger partial charge on any atom is -1.00 e. The van der Waals surface area contributed by atoms with Crippen LogP contribution >= 0.6 is 0 Å². The van der Waals surface area contributed by atoms with Crippen molar-refractivity contribution < 1.29 is 18.8 Å². The molecule has 0 rings (SSSR count). The Morgan fingerprint density at radius 2 is 1.25 bits per heavy atom. The fraction of sp³-hybridized carbons (Fsp3) is 0. The summed E-state index contributed by atoms with van der Waals surface area (Å²) in [4.78, 5) is 0. The quantitative estimate of drug-likeness (QED) is 0.230. The zero-order valence-corrected chi connectivity index (χ0v) is 4.31. The molecule has 0 radical (unpaired) electrons. The van der Waals surface area contributed by atoms with E-state index in [1.54, 1.807) is 0 Å². The molecule has 0 heterocycles. The van der Waals surface area contributed by atoms with E-state index in [1.807, 2.05) is 0 Å². The molecule has 4 N–H and O–H groups in total.